The molecule has 0 spiro atoms. The predicted octanol–water partition coefficient (Wildman–Crippen LogP) is 4.32. The van der Waals surface area contributed by atoms with Crippen molar-refractivity contribution in [3.05, 3.63) is 59.2 Å². The quantitative estimate of drug-likeness (QED) is 0.780. The van der Waals surface area contributed by atoms with Crippen LogP contribution in [0.1, 0.15) is 28.0 Å². The monoisotopic (exact) mass is 288 g/mol. The van der Waals surface area contributed by atoms with Gasteiger partial charge in [-0.05, 0) is 35.2 Å². The summed E-state index contributed by atoms with van der Waals surface area (Å²) < 4.78 is 10.6. The Morgan fingerprint density at radius 2 is 1.80 bits per heavy atom. The third-order valence-corrected chi connectivity index (χ3v) is 4.53. The molecule has 2 unspecified atom stereocenters. The summed E-state index contributed by atoms with van der Waals surface area (Å²) in [5.41, 5.74) is 3.84. The zero-order valence-corrected chi connectivity index (χ0v) is 12.4. The second-order valence-electron chi connectivity index (χ2n) is 5.03. The first-order chi connectivity index (χ1) is 9.74. The highest BCUT2D eigenvalue weighted by Crippen LogP contribution is 2.47. The van der Waals surface area contributed by atoms with E-state index in [9.17, 15) is 0 Å². The number of benzene rings is 2. The second-order valence-corrected chi connectivity index (χ2v) is 5.50. The molecule has 2 aromatic rings. The zero-order valence-electron chi connectivity index (χ0n) is 11.6. The number of hydrogen-bond donors (Lipinski definition) is 0. The van der Waals surface area contributed by atoms with Crippen LogP contribution in [0.15, 0.2) is 42.5 Å². The molecule has 2 atom stereocenters. The van der Waals surface area contributed by atoms with Crippen molar-refractivity contribution < 1.29 is 9.47 Å². The topological polar surface area (TPSA) is 18.5 Å². The van der Waals surface area contributed by atoms with Crippen LogP contribution in [0.3, 0.4) is 0 Å². The fraction of sp³-hybridized carbons (Fsp3) is 0.294. The Morgan fingerprint density at radius 3 is 2.50 bits per heavy atom. The molecule has 0 saturated heterocycles. The van der Waals surface area contributed by atoms with Crippen molar-refractivity contribution in [1.82, 2.24) is 0 Å². The molecule has 1 aliphatic carbocycles. The highest BCUT2D eigenvalue weighted by Gasteiger charge is 2.32. The Hall–Kier alpha value is -1.67. The van der Waals surface area contributed by atoms with E-state index in [2.05, 4.69) is 24.3 Å². The number of hydrogen-bond acceptors (Lipinski definition) is 2. The summed E-state index contributed by atoms with van der Waals surface area (Å²) in [5, 5.41) is -0.0373. The van der Waals surface area contributed by atoms with E-state index < -0.39 is 0 Å². The van der Waals surface area contributed by atoms with Crippen LogP contribution < -0.4 is 9.47 Å². The van der Waals surface area contributed by atoms with Gasteiger partial charge in [-0.3, -0.25) is 0 Å². The molecule has 2 nitrogen and oxygen atoms in total. The van der Waals surface area contributed by atoms with Gasteiger partial charge in [0.15, 0.2) is 11.5 Å². The van der Waals surface area contributed by atoms with Crippen molar-refractivity contribution >= 4 is 11.6 Å². The van der Waals surface area contributed by atoms with Crippen LogP contribution in [0.2, 0.25) is 0 Å². The maximum Gasteiger partial charge on any atom is 0.161 e. The fourth-order valence-corrected chi connectivity index (χ4v) is 3.18. The van der Waals surface area contributed by atoms with Gasteiger partial charge in [0.1, 0.15) is 0 Å². The van der Waals surface area contributed by atoms with Gasteiger partial charge in [0.2, 0.25) is 0 Å². The lowest BCUT2D eigenvalue weighted by Gasteiger charge is -2.34. The summed E-state index contributed by atoms with van der Waals surface area (Å²) in [6.07, 6.45) is 1.04. The smallest absolute Gasteiger partial charge is 0.161 e. The van der Waals surface area contributed by atoms with E-state index >= 15 is 0 Å². The fourth-order valence-electron chi connectivity index (χ4n) is 2.82. The number of rotatable bonds is 4. The van der Waals surface area contributed by atoms with Crippen LogP contribution in [0.5, 0.6) is 11.5 Å². The highest BCUT2D eigenvalue weighted by atomic mass is 35.5. The minimum atomic E-state index is -0.0373. The first-order valence-corrected chi connectivity index (χ1v) is 7.12. The summed E-state index contributed by atoms with van der Waals surface area (Å²) in [5.74, 6) is 1.84. The standard InChI is InChI=1S/C17H17ClO2/c1-19-15-8-7-12(10-16(15)20-2)17(18)14-9-11-5-3-4-6-13(11)14/h3-8,10,14,17H,9H2,1-2H3. The minimum Gasteiger partial charge on any atom is -0.493 e. The third-order valence-electron chi connectivity index (χ3n) is 3.97. The van der Waals surface area contributed by atoms with Crippen molar-refractivity contribution in [3.63, 3.8) is 0 Å². The summed E-state index contributed by atoms with van der Waals surface area (Å²) in [4.78, 5) is 0. The molecule has 3 rings (SSSR count). The molecule has 0 heterocycles. The van der Waals surface area contributed by atoms with Gasteiger partial charge >= 0.3 is 0 Å². The lowest BCUT2D eigenvalue weighted by atomic mass is 9.74. The van der Waals surface area contributed by atoms with Gasteiger partial charge in [0, 0.05) is 5.92 Å². The summed E-state index contributed by atoms with van der Waals surface area (Å²) in [6.45, 7) is 0. The van der Waals surface area contributed by atoms with Crippen LogP contribution in [0.4, 0.5) is 0 Å². The van der Waals surface area contributed by atoms with Gasteiger partial charge in [-0.2, -0.15) is 0 Å². The number of fused-ring (bicyclic) bond motifs is 1. The van der Waals surface area contributed by atoms with Crippen LogP contribution in [-0.4, -0.2) is 14.2 Å². The Kier molecular flexibility index (Phi) is 3.58. The van der Waals surface area contributed by atoms with E-state index in [4.69, 9.17) is 21.1 Å². The van der Waals surface area contributed by atoms with Gasteiger partial charge in [-0.15, -0.1) is 11.6 Å². The van der Waals surface area contributed by atoms with Crippen molar-refractivity contribution in [2.45, 2.75) is 17.7 Å². The maximum atomic E-state index is 6.66. The summed E-state index contributed by atoms with van der Waals surface area (Å²) in [7, 11) is 3.28. The third kappa shape index (κ3) is 2.14. The molecule has 0 fully saturated rings. The zero-order chi connectivity index (χ0) is 14.1. The molecular weight excluding hydrogens is 272 g/mol. The Balaban J connectivity index is 1.87. The first-order valence-electron chi connectivity index (χ1n) is 6.68. The lowest BCUT2D eigenvalue weighted by Crippen LogP contribution is -2.21. The van der Waals surface area contributed by atoms with Gasteiger partial charge in [0.25, 0.3) is 0 Å². The molecule has 0 saturated carbocycles. The van der Waals surface area contributed by atoms with Crippen LogP contribution >= 0.6 is 11.6 Å². The van der Waals surface area contributed by atoms with E-state index in [0.29, 0.717) is 5.92 Å². The average molecular weight is 289 g/mol. The lowest BCUT2D eigenvalue weighted by molar-refractivity contribution is 0.354. The molecule has 0 N–H and O–H groups in total. The molecule has 0 aliphatic heterocycles. The predicted molar refractivity (Wildman–Crippen MR) is 81.0 cm³/mol. The van der Waals surface area contributed by atoms with Crippen LogP contribution in [-0.2, 0) is 6.42 Å². The largest absolute Gasteiger partial charge is 0.493 e. The van der Waals surface area contributed by atoms with Crippen molar-refractivity contribution in [2.75, 3.05) is 14.2 Å². The summed E-state index contributed by atoms with van der Waals surface area (Å²) >= 11 is 6.66. The van der Waals surface area contributed by atoms with Crippen molar-refractivity contribution in [2.24, 2.45) is 0 Å². The van der Waals surface area contributed by atoms with Gasteiger partial charge < -0.3 is 9.47 Å². The van der Waals surface area contributed by atoms with E-state index in [1.54, 1.807) is 14.2 Å². The second kappa shape index (κ2) is 5.37. The number of alkyl halides is 1. The van der Waals surface area contributed by atoms with Gasteiger partial charge in [-0.1, -0.05) is 30.3 Å². The van der Waals surface area contributed by atoms with Crippen LogP contribution in [0, 0.1) is 0 Å². The number of ether oxygens (including phenoxy) is 2. The van der Waals surface area contributed by atoms with Gasteiger partial charge in [-0.25, -0.2) is 0 Å². The molecule has 104 valence electrons. The summed E-state index contributed by atoms with van der Waals surface area (Å²) in [6, 6.07) is 14.4. The Labute approximate surface area is 124 Å². The van der Waals surface area contributed by atoms with E-state index in [-0.39, 0.29) is 5.38 Å². The molecule has 0 bridgehead atoms. The molecular formula is C17H17ClO2. The Morgan fingerprint density at radius 1 is 1.05 bits per heavy atom. The normalized spacial score (nSPS) is 17.9. The molecule has 3 heteroatoms. The maximum absolute atomic E-state index is 6.66. The minimum absolute atomic E-state index is 0.0373. The molecule has 0 amide bonds. The van der Waals surface area contributed by atoms with Crippen molar-refractivity contribution in [3.8, 4) is 11.5 Å². The first kappa shape index (κ1) is 13.3. The number of methoxy groups -OCH3 is 2. The van der Waals surface area contributed by atoms with Gasteiger partial charge in [0.05, 0.1) is 19.6 Å². The molecule has 2 aromatic carbocycles. The van der Waals surface area contributed by atoms with E-state index in [1.807, 2.05) is 18.2 Å². The average Bonchev–Trinajstić information content (AvgIpc) is 2.47. The molecule has 0 radical (unpaired) electrons. The number of halogens is 1. The molecule has 20 heavy (non-hydrogen) atoms. The van der Waals surface area contributed by atoms with E-state index in [1.165, 1.54) is 11.1 Å². The van der Waals surface area contributed by atoms with E-state index in [0.717, 1.165) is 23.5 Å². The molecule has 0 aromatic heterocycles. The molecule has 1 aliphatic rings. The highest BCUT2D eigenvalue weighted by molar-refractivity contribution is 6.21. The SMILES string of the molecule is COc1ccc(C(Cl)C2Cc3ccccc32)cc1OC. The Bertz CT molecular complexity index is 624. The van der Waals surface area contributed by atoms with Crippen molar-refractivity contribution in [1.29, 1.82) is 0 Å². The van der Waals surface area contributed by atoms with Crippen LogP contribution in [0.25, 0.3) is 0 Å².